The number of hydrogen-bond donors (Lipinski definition) is 4. The van der Waals surface area contributed by atoms with Crippen LogP contribution < -0.4 is 10.5 Å². The standard InChI is InChI=1S/C8H10B2N2O4/c13-7(11-9-15)5-1-2-6(4-3-5)8(14)12-10-16/h1-4,9-10,15-16H,(H,11,13)(H,12,14). The molecule has 1 rings (SSSR count). The topological polar surface area (TPSA) is 98.7 Å². The molecule has 0 bridgehead atoms. The highest BCUT2D eigenvalue weighted by Crippen LogP contribution is 2.04. The third-order valence-electron chi connectivity index (χ3n) is 1.89. The van der Waals surface area contributed by atoms with Gasteiger partial charge in [0.15, 0.2) is 0 Å². The van der Waals surface area contributed by atoms with Crippen LogP contribution in [-0.4, -0.2) is 37.1 Å². The van der Waals surface area contributed by atoms with Crippen molar-refractivity contribution < 1.29 is 19.6 Å². The molecule has 0 spiro atoms. The lowest BCUT2D eigenvalue weighted by Gasteiger charge is -2.03. The molecule has 4 N–H and O–H groups in total. The summed E-state index contributed by atoms with van der Waals surface area (Å²) in [6.07, 6.45) is 0. The van der Waals surface area contributed by atoms with Gasteiger partial charge in [-0.2, -0.15) is 0 Å². The van der Waals surface area contributed by atoms with Crippen molar-refractivity contribution in [2.75, 3.05) is 0 Å². The van der Waals surface area contributed by atoms with E-state index in [9.17, 15) is 9.59 Å². The van der Waals surface area contributed by atoms with Gasteiger partial charge in [-0.15, -0.1) is 0 Å². The molecular weight excluding hydrogens is 210 g/mol. The van der Waals surface area contributed by atoms with E-state index in [1.807, 2.05) is 0 Å². The largest absolute Gasteiger partial charge is 0.435 e. The molecule has 0 saturated heterocycles. The van der Waals surface area contributed by atoms with Crippen molar-refractivity contribution in [3.63, 3.8) is 0 Å². The predicted octanol–water partition coefficient (Wildman–Crippen LogP) is -2.34. The molecule has 8 heteroatoms. The monoisotopic (exact) mass is 220 g/mol. The molecule has 2 amide bonds. The zero-order valence-electron chi connectivity index (χ0n) is 8.43. The fourth-order valence-corrected chi connectivity index (χ4v) is 1.12. The minimum atomic E-state index is -0.439. The highest BCUT2D eigenvalue weighted by atomic mass is 16.2. The van der Waals surface area contributed by atoms with E-state index >= 15 is 0 Å². The van der Waals surface area contributed by atoms with E-state index in [1.165, 1.54) is 24.3 Å². The maximum atomic E-state index is 11.2. The van der Waals surface area contributed by atoms with Crippen molar-refractivity contribution in [3.05, 3.63) is 35.4 Å². The summed E-state index contributed by atoms with van der Waals surface area (Å²) in [5.74, 6) is -0.840. The minimum Gasteiger partial charge on any atom is -0.435 e. The number of benzene rings is 1. The van der Waals surface area contributed by atoms with Gasteiger partial charge in [-0.25, -0.2) is 0 Å². The molecule has 0 heterocycles. The summed E-state index contributed by atoms with van der Waals surface area (Å²) in [4.78, 5) is 22.5. The van der Waals surface area contributed by atoms with Crippen LogP contribution in [0.2, 0.25) is 0 Å². The van der Waals surface area contributed by atoms with E-state index < -0.39 is 27.0 Å². The molecule has 1 aromatic carbocycles. The molecule has 0 atom stereocenters. The summed E-state index contributed by atoms with van der Waals surface area (Å²) in [5.41, 5.74) is 0.684. The first kappa shape index (κ1) is 12.3. The van der Waals surface area contributed by atoms with Crippen LogP contribution in [0, 0.1) is 0 Å². The van der Waals surface area contributed by atoms with Gasteiger partial charge in [0.2, 0.25) is 11.8 Å². The molecule has 0 aliphatic rings. The summed E-state index contributed by atoms with van der Waals surface area (Å²) in [7, 11) is -0.878. The van der Waals surface area contributed by atoms with Crippen molar-refractivity contribution in [2.24, 2.45) is 0 Å². The minimum absolute atomic E-state index is 0.342. The van der Waals surface area contributed by atoms with Gasteiger partial charge in [0.05, 0.1) is 0 Å². The first-order chi connectivity index (χ1) is 7.69. The van der Waals surface area contributed by atoms with E-state index in [1.54, 1.807) is 0 Å². The van der Waals surface area contributed by atoms with Crippen LogP contribution >= 0.6 is 0 Å². The average molecular weight is 220 g/mol. The molecule has 16 heavy (non-hydrogen) atoms. The fraction of sp³-hybridized carbons (Fsp3) is 0. The van der Waals surface area contributed by atoms with Crippen molar-refractivity contribution in [2.45, 2.75) is 0 Å². The summed E-state index contributed by atoms with van der Waals surface area (Å²) in [6, 6.07) is 5.82. The molecule has 0 saturated carbocycles. The van der Waals surface area contributed by atoms with Crippen LogP contribution in [0.15, 0.2) is 24.3 Å². The summed E-state index contributed by atoms with van der Waals surface area (Å²) >= 11 is 0. The van der Waals surface area contributed by atoms with Gasteiger partial charge in [-0.1, -0.05) is 0 Å². The summed E-state index contributed by atoms with van der Waals surface area (Å²) in [5, 5.41) is 21.4. The second kappa shape index (κ2) is 5.94. The van der Waals surface area contributed by atoms with Crippen molar-refractivity contribution in [3.8, 4) is 0 Å². The van der Waals surface area contributed by atoms with E-state index in [0.717, 1.165) is 0 Å². The Bertz CT molecular complexity index is 345. The number of rotatable bonds is 4. The molecule has 0 aliphatic heterocycles. The Hall–Kier alpha value is -1.79. The van der Waals surface area contributed by atoms with Gasteiger partial charge in [-0.3, -0.25) is 9.59 Å². The third kappa shape index (κ3) is 3.11. The van der Waals surface area contributed by atoms with Crippen molar-refractivity contribution in [1.29, 1.82) is 0 Å². The van der Waals surface area contributed by atoms with Gasteiger partial charge < -0.3 is 20.5 Å². The molecule has 0 fully saturated rings. The first-order valence-electron chi connectivity index (χ1n) is 4.57. The Morgan fingerprint density at radius 1 is 0.875 bits per heavy atom. The van der Waals surface area contributed by atoms with Gasteiger partial charge in [-0.05, 0) is 24.3 Å². The number of hydrogen-bond acceptors (Lipinski definition) is 4. The Balaban J connectivity index is 2.75. The molecule has 6 nitrogen and oxygen atoms in total. The molecule has 0 radical (unpaired) electrons. The number of nitrogens with one attached hydrogen (secondary N) is 2. The van der Waals surface area contributed by atoms with Crippen LogP contribution in [-0.2, 0) is 0 Å². The van der Waals surface area contributed by atoms with E-state index in [0.29, 0.717) is 11.1 Å². The lowest BCUT2D eigenvalue weighted by Crippen LogP contribution is -2.28. The number of carbonyl (C=O) groups is 2. The second-order valence-electron chi connectivity index (χ2n) is 2.91. The van der Waals surface area contributed by atoms with E-state index in [4.69, 9.17) is 10.0 Å². The Labute approximate surface area is 93.3 Å². The molecule has 0 aromatic heterocycles. The molecular formula is C8H10B2N2O4. The van der Waals surface area contributed by atoms with Crippen LogP contribution in [0.3, 0.4) is 0 Å². The molecule has 1 aromatic rings. The van der Waals surface area contributed by atoms with E-state index in [-0.39, 0.29) is 0 Å². The summed E-state index contributed by atoms with van der Waals surface area (Å²) < 4.78 is 0. The zero-order chi connectivity index (χ0) is 12.0. The highest BCUT2D eigenvalue weighted by molar-refractivity contribution is 6.30. The van der Waals surface area contributed by atoms with E-state index in [2.05, 4.69) is 10.5 Å². The second-order valence-corrected chi connectivity index (χ2v) is 2.91. The first-order valence-corrected chi connectivity index (χ1v) is 4.57. The highest BCUT2D eigenvalue weighted by Gasteiger charge is 2.07. The molecule has 82 valence electrons. The zero-order valence-corrected chi connectivity index (χ0v) is 8.43. The average Bonchev–Trinajstić information content (AvgIpc) is 2.30. The van der Waals surface area contributed by atoms with Gasteiger partial charge in [0, 0.05) is 11.1 Å². The van der Waals surface area contributed by atoms with Crippen molar-refractivity contribution in [1.82, 2.24) is 10.5 Å². The van der Waals surface area contributed by atoms with Gasteiger partial charge >= 0.3 is 15.2 Å². The fourth-order valence-electron chi connectivity index (χ4n) is 1.12. The number of carbonyl (C=O) groups excluding carboxylic acids is 2. The van der Waals surface area contributed by atoms with Gasteiger partial charge in [0.1, 0.15) is 0 Å². The summed E-state index contributed by atoms with van der Waals surface area (Å²) in [6.45, 7) is 0. The number of amides is 2. The predicted molar refractivity (Wildman–Crippen MR) is 60.1 cm³/mol. The SMILES string of the molecule is O=C(NBO)c1ccc(C(=O)NBO)cc1. The third-order valence-corrected chi connectivity index (χ3v) is 1.89. The smallest absolute Gasteiger partial charge is 0.393 e. The van der Waals surface area contributed by atoms with Crippen LogP contribution in [0.5, 0.6) is 0 Å². The lowest BCUT2D eigenvalue weighted by atomic mass is 10.1. The van der Waals surface area contributed by atoms with Crippen LogP contribution in [0.25, 0.3) is 0 Å². The Morgan fingerprint density at radius 3 is 1.44 bits per heavy atom. The van der Waals surface area contributed by atoms with Crippen molar-refractivity contribution >= 4 is 27.0 Å². The van der Waals surface area contributed by atoms with Gasteiger partial charge in [0.25, 0.3) is 0 Å². The molecule has 0 aliphatic carbocycles. The van der Waals surface area contributed by atoms with Crippen LogP contribution in [0.1, 0.15) is 20.7 Å². The Kier molecular flexibility index (Phi) is 4.56. The lowest BCUT2D eigenvalue weighted by molar-refractivity contribution is 0.0965. The van der Waals surface area contributed by atoms with Crippen LogP contribution in [0.4, 0.5) is 0 Å². The normalized spacial score (nSPS) is 9.12. The quantitative estimate of drug-likeness (QED) is 0.427. The molecule has 0 unspecified atom stereocenters. The Morgan fingerprint density at radius 2 is 1.19 bits per heavy atom. The maximum Gasteiger partial charge on any atom is 0.393 e. The maximum absolute atomic E-state index is 11.2.